The molecule has 2 rings (SSSR count). The number of nitrogens with zero attached hydrogens (tertiary/aromatic N) is 3. The van der Waals surface area contributed by atoms with Gasteiger partial charge in [-0.15, -0.1) is 11.3 Å². The summed E-state index contributed by atoms with van der Waals surface area (Å²) in [4.78, 5) is 11.2. The van der Waals surface area contributed by atoms with Crippen molar-refractivity contribution in [2.75, 3.05) is 27.7 Å². The topological polar surface area (TPSA) is 49.8 Å². The minimum atomic E-state index is 0.00613. The van der Waals surface area contributed by atoms with Crippen molar-refractivity contribution in [3.8, 4) is 0 Å². The molecule has 5 nitrogen and oxygen atoms in total. The van der Waals surface area contributed by atoms with Crippen LogP contribution in [-0.4, -0.2) is 43.6 Å². The Balaban J connectivity index is 1.97. The van der Waals surface area contributed by atoms with Crippen molar-refractivity contribution in [2.24, 2.45) is 4.99 Å². The van der Waals surface area contributed by atoms with E-state index in [0.29, 0.717) is 6.54 Å². The molecule has 1 atom stereocenters. The van der Waals surface area contributed by atoms with E-state index in [1.807, 2.05) is 21.0 Å². The number of hydrogen-bond donors (Lipinski definition) is 1. The molecular formula is C21H32N4OS. The Morgan fingerprint density at radius 2 is 2.00 bits per heavy atom. The fraction of sp³-hybridized carbons (Fsp3) is 0.524. The van der Waals surface area contributed by atoms with Crippen molar-refractivity contribution < 1.29 is 4.74 Å². The van der Waals surface area contributed by atoms with Crippen molar-refractivity contribution in [2.45, 2.75) is 45.8 Å². The number of benzene rings is 1. The number of aliphatic imine (C=N–C) groups is 1. The normalized spacial score (nSPS) is 13.5. The summed E-state index contributed by atoms with van der Waals surface area (Å²) in [7, 11) is 5.56. The van der Waals surface area contributed by atoms with Gasteiger partial charge in [0, 0.05) is 38.5 Å². The van der Waals surface area contributed by atoms with Crippen LogP contribution in [0.4, 0.5) is 0 Å². The van der Waals surface area contributed by atoms with Gasteiger partial charge in [-0.2, -0.15) is 0 Å². The molecule has 0 bridgehead atoms. The number of rotatable bonds is 7. The summed E-state index contributed by atoms with van der Waals surface area (Å²) in [6.45, 7) is 10.1. The first-order valence-corrected chi connectivity index (χ1v) is 10.1. The number of nitrogens with one attached hydrogen (secondary N) is 1. The highest BCUT2D eigenvalue weighted by Gasteiger charge is 2.22. The van der Waals surface area contributed by atoms with Gasteiger partial charge >= 0.3 is 0 Å². The average molecular weight is 389 g/mol. The Bertz CT molecular complexity index is 752. The lowest BCUT2D eigenvalue weighted by Gasteiger charge is -2.29. The van der Waals surface area contributed by atoms with Crippen LogP contribution in [-0.2, 0) is 16.7 Å². The fourth-order valence-corrected chi connectivity index (χ4v) is 3.63. The van der Waals surface area contributed by atoms with E-state index in [9.17, 15) is 0 Å². The number of aryl methyl sites for hydroxylation is 1. The van der Waals surface area contributed by atoms with Crippen molar-refractivity contribution >= 4 is 17.3 Å². The molecule has 0 amide bonds. The Morgan fingerprint density at radius 1 is 1.33 bits per heavy atom. The van der Waals surface area contributed by atoms with Crippen LogP contribution in [0, 0.1) is 6.92 Å². The molecule has 1 N–H and O–H groups in total. The molecule has 6 heteroatoms. The van der Waals surface area contributed by atoms with Crippen molar-refractivity contribution in [1.29, 1.82) is 0 Å². The zero-order chi connectivity index (χ0) is 20.0. The maximum atomic E-state index is 5.35. The Morgan fingerprint density at radius 3 is 2.59 bits per heavy atom. The monoisotopic (exact) mass is 388 g/mol. The third-order valence-electron chi connectivity index (χ3n) is 4.76. The molecule has 0 saturated carbocycles. The van der Waals surface area contributed by atoms with E-state index in [1.165, 1.54) is 11.1 Å². The third-order valence-corrected chi connectivity index (χ3v) is 5.82. The maximum Gasteiger partial charge on any atom is 0.193 e. The van der Waals surface area contributed by atoms with E-state index in [2.05, 4.69) is 70.6 Å². The van der Waals surface area contributed by atoms with Gasteiger partial charge in [0.2, 0.25) is 0 Å². The highest BCUT2D eigenvalue weighted by atomic mass is 32.1. The minimum Gasteiger partial charge on any atom is -0.375 e. The lowest BCUT2D eigenvalue weighted by molar-refractivity contribution is 0.119. The van der Waals surface area contributed by atoms with Gasteiger partial charge in [-0.3, -0.25) is 4.99 Å². The van der Waals surface area contributed by atoms with Gasteiger partial charge in [0.25, 0.3) is 0 Å². The quantitative estimate of drug-likeness (QED) is 0.572. The zero-order valence-corrected chi connectivity index (χ0v) is 18.4. The lowest BCUT2D eigenvalue weighted by atomic mass is 9.84. The highest BCUT2D eigenvalue weighted by molar-refractivity contribution is 7.09. The Labute approximate surface area is 167 Å². The van der Waals surface area contributed by atoms with Gasteiger partial charge in [-0.25, -0.2) is 4.98 Å². The summed E-state index contributed by atoms with van der Waals surface area (Å²) in [5, 5.41) is 6.60. The molecule has 1 unspecified atom stereocenters. The van der Waals surface area contributed by atoms with Crippen LogP contribution in [0.3, 0.4) is 0 Å². The van der Waals surface area contributed by atoms with Crippen LogP contribution >= 0.6 is 11.3 Å². The van der Waals surface area contributed by atoms with E-state index in [0.717, 1.165) is 23.2 Å². The van der Waals surface area contributed by atoms with Crippen LogP contribution in [0.15, 0.2) is 34.6 Å². The minimum absolute atomic E-state index is 0.00613. The average Bonchev–Trinajstić information content (AvgIpc) is 3.10. The zero-order valence-electron chi connectivity index (χ0n) is 17.5. The second kappa shape index (κ2) is 9.33. The molecule has 2 aromatic rings. The van der Waals surface area contributed by atoms with Crippen molar-refractivity contribution in [1.82, 2.24) is 15.2 Å². The van der Waals surface area contributed by atoms with E-state index in [-0.39, 0.29) is 11.5 Å². The van der Waals surface area contributed by atoms with E-state index < -0.39 is 0 Å². The summed E-state index contributed by atoms with van der Waals surface area (Å²) in [5.41, 5.74) is 3.63. The van der Waals surface area contributed by atoms with Gasteiger partial charge in [-0.05, 0) is 19.4 Å². The van der Waals surface area contributed by atoms with Crippen molar-refractivity contribution in [3.63, 3.8) is 0 Å². The van der Waals surface area contributed by atoms with Crippen LogP contribution in [0.1, 0.15) is 48.7 Å². The van der Waals surface area contributed by atoms with Crippen LogP contribution in [0.5, 0.6) is 0 Å². The van der Waals surface area contributed by atoms with E-state index >= 15 is 0 Å². The molecule has 0 fully saturated rings. The second-order valence-corrected chi connectivity index (χ2v) is 8.45. The van der Waals surface area contributed by atoms with Gasteiger partial charge in [-0.1, -0.05) is 43.7 Å². The number of guanidine groups is 1. The molecule has 1 heterocycles. The predicted molar refractivity (Wildman–Crippen MR) is 115 cm³/mol. The standard InChI is InChI=1S/C21H32N4OS/c1-15-8-10-17(11-9-15)21(3,4)14-23-20(22-5)25(6)12-18-13-27-19(24-18)16(2)26-7/h8-11,13,16H,12,14H2,1-7H3,(H,22,23). The second-order valence-electron chi connectivity index (χ2n) is 7.56. The first-order chi connectivity index (χ1) is 12.8. The molecular weight excluding hydrogens is 356 g/mol. The molecule has 0 saturated heterocycles. The molecule has 1 aromatic carbocycles. The van der Waals surface area contributed by atoms with E-state index in [1.54, 1.807) is 18.4 Å². The van der Waals surface area contributed by atoms with E-state index in [4.69, 9.17) is 4.74 Å². The van der Waals surface area contributed by atoms with Gasteiger partial charge < -0.3 is 15.0 Å². The fourth-order valence-electron chi connectivity index (χ4n) is 2.79. The van der Waals surface area contributed by atoms with Crippen LogP contribution in [0.25, 0.3) is 0 Å². The summed E-state index contributed by atoms with van der Waals surface area (Å²) >= 11 is 1.64. The van der Waals surface area contributed by atoms with Gasteiger partial charge in [0.05, 0.1) is 12.2 Å². The number of aromatic nitrogens is 1. The number of methoxy groups -OCH3 is 1. The first kappa shape index (κ1) is 21.4. The highest BCUT2D eigenvalue weighted by Crippen LogP contribution is 2.23. The largest absolute Gasteiger partial charge is 0.375 e. The SMILES string of the molecule is CN=C(NCC(C)(C)c1ccc(C)cc1)N(C)Cc1csc(C(C)OC)n1. The first-order valence-electron chi connectivity index (χ1n) is 9.23. The smallest absolute Gasteiger partial charge is 0.193 e. The molecule has 1 aromatic heterocycles. The van der Waals surface area contributed by atoms with Crippen LogP contribution < -0.4 is 5.32 Å². The number of thiazole rings is 1. The molecule has 0 radical (unpaired) electrons. The van der Waals surface area contributed by atoms with Gasteiger partial charge in [0.1, 0.15) is 11.1 Å². The predicted octanol–water partition coefficient (Wildman–Crippen LogP) is 4.14. The summed E-state index contributed by atoms with van der Waals surface area (Å²) < 4.78 is 5.35. The van der Waals surface area contributed by atoms with Gasteiger partial charge in [0.15, 0.2) is 5.96 Å². The number of ether oxygens (including phenoxy) is 1. The molecule has 148 valence electrons. The molecule has 0 aliphatic rings. The Hall–Kier alpha value is -1.92. The van der Waals surface area contributed by atoms with Crippen molar-refractivity contribution in [3.05, 3.63) is 51.5 Å². The summed E-state index contributed by atoms with van der Waals surface area (Å²) in [6.07, 6.45) is 0.0294. The summed E-state index contributed by atoms with van der Waals surface area (Å²) in [6, 6.07) is 8.74. The molecule has 0 aliphatic heterocycles. The Kier molecular flexibility index (Phi) is 7.39. The molecule has 0 spiro atoms. The number of hydrogen-bond acceptors (Lipinski definition) is 4. The third kappa shape index (κ3) is 5.78. The van der Waals surface area contributed by atoms with Crippen LogP contribution in [0.2, 0.25) is 0 Å². The summed E-state index contributed by atoms with van der Waals surface area (Å²) in [5.74, 6) is 0.865. The maximum absolute atomic E-state index is 5.35. The lowest BCUT2D eigenvalue weighted by Crippen LogP contribution is -2.44. The molecule has 0 aliphatic carbocycles. The molecule has 27 heavy (non-hydrogen) atoms.